The summed E-state index contributed by atoms with van der Waals surface area (Å²) in [6.07, 6.45) is 1.65. The molecule has 2 aromatic carbocycles. The lowest BCUT2D eigenvalue weighted by Gasteiger charge is -2.12. The highest BCUT2D eigenvalue weighted by atomic mass is 35.5. The largest absolute Gasteiger partial charge is 0.349 e. The van der Waals surface area contributed by atoms with E-state index < -0.39 is 0 Å². The average molecular weight is 467 g/mol. The first kappa shape index (κ1) is 21.9. The third-order valence-electron chi connectivity index (χ3n) is 4.78. The summed E-state index contributed by atoms with van der Waals surface area (Å²) in [7, 11) is 0. The molecule has 0 atom stereocenters. The Morgan fingerprint density at radius 3 is 2.56 bits per heavy atom. The number of carbonyl (C=O) groups excluding carboxylic acids is 3. The first-order chi connectivity index (χ1) is 15.4. The standard InChI is InChI=1S/C23H19ClN4O3S/c1-15-13-19(26-28(15)18-5-3-2-4-6-18)21(29)25-11-12-27-22(30)20(32-23(27)31)14-16-7-9-17(24)10-8-16/h2-10,13-14H,11-12H2,1H3,(H,25,29)/b20-14+. The molecule has 0 radical (unpaired) electrons. The number of amides is 3. The van der Waals surface area contributed by atoms with Crippen molar-refractivity contribution in [2.24, 2.45) is 0 Å². The van der Waals surface area contributed by atoms with Crippen LogP contribution in [0.3, 0.4) is 0 Å². The molecule has 1 fully saturated rings. The molecule has 0 unspecified atom stereocenters. The summed E-state index contributed by atoms with van der Waals surface area (Å²) < 4.78 is 1.69. The second-order valence-corrected chi connectivity index (χ2v) is 8.49. The quantitative estimate of drug-likeness (QED) is 0.547. The van der Waals surface area contributed by atoms with E-state index in [2.05, 4.69) is 10.4 Å². The van der Waals surface area contributed by atoms with Gasteiger partial charge in [0.15, 0.2) is 5.69 Å². The van der Waals surface area contributed by atoms with E-state index in [0.29, 0.717) is 9.93 Å². The van der Waals surface area contributed by atoms with Crippen molar-refractivity contribution in [1.82, 2.24) is 20.0 Å². The van der Waals surface area contributed by atoms with Crippen LogP contribution < -0.4 is 5.32 Å². The fraction of sp³-hybridized carbons (Fsp3) is 0.130. The summed E-state index contributed by atoms with van der Waals surface area (Å²) >= 11 is 6.75. The maximum absolute atomic E-state index is 12.6. The number of aromatic nitrogens is 2. The number of benzene rings is 2. The number of hydrogen-bond donors (Lipinski definition) is 1. The Hall–Kier alpha value is -3.36. The third kappa shape index (κ3) is 4.76. The van der Waals surface area contributed by atoms with Gasteiger partial charge in [-0.25, -0.2) is 4.68 Å². The summed E-state index contributed by atoms with van der Waals surface area (Å²) in [5, 5.41) is 7.31. The van der Waals surface area contributed by atoms with E-state index >= 15 is 0 Å². The molecule has 0 aliphatic carbocycles. The highest BCUT2D eigenvalue weighted by molar-refractivity contribution is 8.18. The number of imide groups is 1. The van der Waals surface area contributed by atoms with Crippen LogP contribution >= 0.6 is 23.4 Å². The van der Waals surface area contributed by atoms with Crippen LogP contribution in [0.2, 0.25) is 5.02 Å². The molecule has 1 aliphatic rings. The highest BCUT2D eigenvalue weighted by Crippen LogP contribution is 2.32. The SMILES string of the molecule is Cc1cc(C(=O)NCCN2C(=O)S/C(=C/c3ccc(Cl)cc3)C2=O)nn1-c1ccccc1. The van der Waals surface area contributed by atoms with Gasteiger partial charge in [-0.15, -0.1) is 0 Å². The average Bonchev–Trinajstić information content (AvgIpc) is 3.30. The molecule has 3 aromatic rings. The third-order valence-corrected chi connectivity index (χ3v) is 5.94. The molecule has 3 amide bonds. The zero-order chi connectivity index (χ0) is 22.7. The van der Waals surface area contributed by atoms with Crippen LogP contribution in [0.1, 0.15) is 21.7 Å². The zero-order valence-corrected chi connectivity index (χ0v) is 18.7. The van der Waals surface area contributed by atoms with Gasteiger partial charge >= 0.3 is 0 Å². The van der Waals surface area contributed by atoms with E-state index in [-0.39, 0.29) is 35.8 Å². The number of hydrogen-bond acceptors (Lipinski definition) is 5. The molecule has 9 heteroatoms. The van der Waals surface area contributed by atoms with Crippen LogP contribution in [-0.4, -0.2) is 44.8 Å². The minimum Gasteiger partial charge on any atom is -0.349 e. The second kappa shape index (κ2) is 9.42. The Morgan fingerprint density at radius 2 is 1.84 bits per heavy atom. The Morgan fingerprint density at radius 1 is 1.12 bits per heavy atom. The van der Waals surface area contributed by atoms with Crippen LogP contribution in [0.5, 0.6) is 0 Å². The molecule has 1 aromatic heterocycles. The molecule has 0 spiro atoms. The summed E-state index contributed by atoms with van der Waals surface area (Å²) in [5.41, 5.74) is 2.72. The topological polar surface area (TPSA) is 84.3 Å². The van der Waals surface area contributed by atoms with Crippen LogP contribution in [0.15, 0.2) is 65.6 Å². The number of aryl methyl sites for hydroxylation is 1. The summed E-state index contributed by atoms with van der Waals surface area (Å²) in [5.74, 6) is -0.750. The molecule has 4 rings (SSSR count). The summed E-state index contributed by atoms with van der Waals surface area (Å²) in [6, 6.07) is 18.2. The van der Waals surface area contributed by atoms with Gasteiger partial charge in [0.2, 0.25) is 0 Å². The lowest BCUT2D eigenvalue weighted by atomic mass is 10.2. The molecule has 2 heterocycles. The predicted molar refractivity (Wildman–Crippen MR) is 125 cm³/mol. The summed E-state index contributed by atoms with van der Waals surface area (Å²) in [6.45, 7) is 2.07. The fourth-order valence-corrected chi connectivity index (χ4v) is 4.18. The second-order valence-electron chi connectivity index (χ2n) is 7.06. The molecule has 0 bridgehead atoms. The highest BCUT2D eigenvalue weighted by Gasteiger charge is 2.34. The molecule has 0 saturated carbocycles. The van der Waals surface area contributed by atoms with E-state index in [1.807, 2.05) is 37.3 Å². The first-order valence-corrected chi connectivity index (χ1v) is 11.0. The maximum Gasteiger partial charge on any atom is 0.293 e. The smallest absolute Gasteiger partial charge is 0.293 e. The minimum atomic E-state index is -0.381. The van der Waals surface area contributed by atoms with Crippen LogP contribution in [0.25, 0.3) is 11.8 Å². The van der Waals surface area contributed by atoms with E-state index in [0.717, 1.165) is 33.6 Å². The molecule has 7 nitrogen and oxygen atoms in total. The molecule has 1 aliphatic heterocycles. The molecular formula is C23H19ClN4O3S. The van der Waals surface area contributed by atoms with Gasteiger partial charge in [-0.3, -0.25) is 19.3 Å². The van der Waals surface area contributed by atoms with Crippen molar-refractivity contribution in [3.05, 3.63) is 87.5 Å². The van der Waals surface area contributed by atoms with Crippen molar-refractivity contribution >= 4 is 46.5 Å². The van der Waals surface area contributed by atoms with Crippen molar-refractivity contribution < 1.29 is 14.4 Å². The number of carbonyl (C=O) groups is 3. The van der Waals surface area contributed by atoms with Crippen molar-refractivity contribution in [3.63, 3.8) is 0 Å². The van der Waals surface area contributed by atoms with E-state index in [1.165, 1.54) is 0 Å². The van der Waals surface area contributed by atoms with Gasteiger partial charge in [-0.1, -0.05) is 41.9 Å². The molecule has 32 heavy (non-hydrogen) atoms. The number of para-hydroxylation sites is 1. The van der Waals surface area contributed by atoms with Gasteiger partial charge in [0.25, 0.3) is 17.1 Å². The van der Waals surface area contributed by atoms with E-state index in [1.54, 1.807) is 41.1 Å². The van der Waals surface area contributed by atoms with Gasteiger partial charge in [0.05, 0.1) is 10.6 Å². The molecule has 1 saturated heterocycles. The van der Waals surface area contributed by atoms with Crippen molar-refractivity contribution in [1.29, 1.82) is 0 Å². The molecule has 1 N–H and O–H groups in total. The van der Waals surface area contributed by atoms with Gasteiger partial charge in [-0.2, -0.15) is 5.10 Å². The molecule has 162 valence electrons. The zero-order valence-electron chi connectivity index (χ0n) is 17.1. The Balaban J connectivity index is 1.36. The van der Waals surface area contributed by atoms with E-state index in [9.17, 15) is 14.4 Å². The van der Waals surface area contributed by atoms with Crippen molar-refractivity contribution in [2.75, 3.05) is 13.1 Å². The number of nitrogens with one attached hydrogen (secondary N) is 1. The van der Waals surface area contributed by atoms with Crippen LogP contribution in [0.4, 0.5) is 4.79 Å². The van der Waals surface area contributed by atoms with Crippen molar-refractivity contribution in [2.45, 2.75) is 6.92 Å². The normalized spacial score (nSPS) is 14.9. The lowest BCUT2D eigenvalue weighted by molar-refractivity contribution is -0.122. The maximum atomic E-state index is 12.6. The predicted octanol–water partition coefficient (Wildman–Crippen LogP) is 4.30. The minimum absolute atomic E-state index is 0.0761. The van der Waals surface area contributed by atoms with Crippen LogP contribution in [0, 0.1) is 6.92 Å². The monoisotopic (exact) mass is 466 g/mol. The van der Waals surface area contributed by atoms with Crippen molar-refractivity contribution in [3.8, 4) is 5.69 Å². The van der Waals surface area contributed by atoms with Gasteiger partial charge < -0.3 is 5.32 Å². The lowest BCUT2D eigenvalue weighted by Crippen LogP contribution is -2.37. The van der Waals surface area contributed by atoms with Gasteiger partial charge in [0.1, 0.15) is 0 Å². The Bertz CT molecular complexity index is 1210. The van der Waals surface area contributed by atoms with Crippen LogP contribution in [-0.2, 0) is 4.79 Å². The first-order valence-electron chi connectivity index (χ1n) is 9.83. The number of rotatable bonds is 6. The number of halogens is 1. The summed E-state index contributed by atoms with van der Waals surface area (Å²) in [4.78, 5) is 38.8. The fourth-order valence-electron chi connectivity index (χ4n) is 3.19. The Labute approximate surface area is 194 Å². The molecular weight excluding hydrogens is 448 g/mol. The van der Waals surface area contributed by atoms with E-state index in [4.69, 9.17) is 11.6 Å². The van der Waals surface area contributed by atoms with Gasteiger partial charge in [-0.05, 0) is 60.7 Å². The van der Waals surface area contributed by atoms with Gasteiger partial charge in [0, 0.05) is 23.8 Å². The number of thioether (sulfide) groups is 1. The number of nitrogens with zero attached hydrogens (tertiary/aromatic N) is 3. The Kier molecular flexibility index (Phi) is 6.43.